The molecule has 1 aliphatic carbocycles. The predicted octanol–water partition coefficient (Wildman–Crippen LogP) is 1.74. The van der Waals surface area contributed by atoms with E-state index in [1.807, 2.05) is 14.0 Å². The third-order valence-corrected chi connectivity index (χ3v) is 4.14. The van der Waals surface area contributed by atoms with Crippen molar-refractivity contribution in [3.63, 3.8) is 0 Å². The minimum absolute atomic E-state index is 0.111. The van der Waals surface area contributed by atoms with Gasteiger partial charge in [0.25, 0.3) is 0 Å². The first-order valence-electron chi connectivity index (χ1n) is 6.30. The predicted molar refractivity (Wildman–Crippen MR) is 69.8 cm³/mol. The van der Waals surface area contributed by atoms with Gasteiger partial charge in [-0.25, -0.2) is 14.1 Å². The summed E-state index contributed by atoms with van der Waals surface area (Å²) in [5.41, 5.74) is 7.86. The largest absolute Gasteiger partial charge is 0.397 e. The van der Waals surface area contributed by atoms with E-state index in [0.29, 0.717) is 17.2 Å². The van der Waals surface area contributed by atoms with E-state index in [1.165, 1.54) is 12.1 Å². The lowest BCUT2D eigenvalue weighted by atomic mass is 10.1. The van der Waals surface area contributed by atoms with Crippen molar-refractivity contribution in [3.05, 3.63) is 29.6 Å². The molecule has 0 amide bonds. The highest BCUT2D eigenvalue weighted by Crippen LogP contribution is 2.56. The van der Waals surface area contributed by atoms with Gasteiger partial charge in [0.15, 0.2) is 5.82 Å². The maximum atomic E-state index is 13.6. The SMILES string of the molecule is Cc1nc2n(n1)-c1cc(F)cc(N)c1N(C)C21CC1. The number of aryl methyl sites for hydroxylation is 1. The summed E-state index contributed by atoms with van der Waals surface area (Å²) in [7, 11) is 1.99. The molecule has 0 atom stereocenters. The Morgan fingerprint density at radius 3 is 2.79 bits per heavy atom. The van der Waals surface area contributed by atoms with Gasteiger partial charge >= 0.3 is 0 Å². The fraction of sp³-hybridized carbons (Fsp3) is 0.385. The summed E-state index contributed by atoms with van der Waals surface area (Å²) >= 11 is 0. The van der Waals surface area contributed by atoms with Gasteiger partial charge in [0.05, 0.1) is 17.1 Å². The van der Waals surface area contributed by atoms with Crippen LogP contribution in [0, 0.1) is 12.7 Å². The number of fused-ring (bicyclic) bond motifs is 4. The fourth-order valence-corrected chi connectivity index (χ4v) is 3.06. The van der Waals surface area contributed by atoms with Crippen LogP contribution in [0.1, 0.15) is 24.5 Å². The zero-order valence-electron chi connectivity index (χ0n) is 10.8. The third-order valence-electron chi connectivity index (χ3n) is 4.14. The lowest BCUT2D eigenvalue weighted by molar-refractivity contribution is 0.565. The Balaban J connectivity index is 2.10. The molecule has 2 heterocycles. The van der Waals surface area contributed by atoms with E-state index in [-0.39, 0.29) is 11.4 Å². The molecule has 1 spiro atoms. The number of hydrogen-bond acceptors (Lipinski definition) is 4. The number of anilines is 2. The quantitative estimate of drug-likeness (QED) is 0.732. The number of nitrogens with two attached hydrogens (primary N) is 1. The highest BCUT2D eigenvalue weighted by Gasteiger charge is 2.55. The molecule has 5 nitrogen and oxygen atoms in total. The lowest BCUT2D eigenvalue weighted by Gasteiger charge is -2.36. The van der Waals surface area contributed by atoms with Crippen LogP contribution >= 0.6 is 0 Å². The van der Waals surface area contributed by atoms with Crippen molar-refractivity contribution in [1.29, 1.82) is 0 Å². The van der Waals surface area contributed by atoms with Gasteiger partial charge in [0.1, 0.15) is 17.2 Å². The summed E-state index contributed by atoms with van der Waals surface area (Å²) in [5, 5.41) is 4.40. The maximum Gasteiger partial charge on any atom is 0.158 e. The average Bonchev–Trinajstić information content (AvgIpc) is 3.03. The van der Waals surface area contributed by atoms with Crippen molar-refractivity contribution >= 4 is 11.4 Å². The Bertz CT molecular complexity index is 701. The highest BCUT2D eigenvalue weighted by atomic mass is 19.1. The van der Waals surface area contributed by atoms with Crippen LogP contribution in [-0.4, -0.2) is 21.8 Å². The molecule has 0 radical (unpaired) electrons. The minimum Gasteiger partial charge on any atom is -0.397 e. The number of nitrogen functional groups attached to an aromatic ring is 1. The molecule has 4 rings (SSSR count). The van der Waals surface area contributed by atoms with Gasteiger partial charge in [0.2, 0.25) is 0 Å². The summed E-state index contributed by atoms with van der Waals surface area (Å²) in [6.07, 6.45) is 2.05. The fourth-order valence-electron chi connectivity index (χ4n) is 3.06. The van der Waals surface area contributed by atoms with Gasteiger partial charge in [-0.3, -0.25) is 0 Å². The molecular weight excluding hydrogens is 245 g/mol. The molecule has 2 aromatic rings. The lowest BCUT2D eigenvalue weighted by Crippen LogP contribution is -2.39. The maximum absolute atomic E-state index is 13.6. The molecular formula is C13H14FN5. The zero-order chi connectivity index (χ0) is 13.4. The van der Waals surface area contributed by atoms with Gasteiger partial charge in [-0.2, -0.15) is 5.10 Å². The first-order valence-corrected chi connectivity index (χ1v) is 6.30. The molecule has 1 saturated carbocycles. The van der Waals surface area contributed by atoms with Gasteiger partial charge < -0.3 is 10.6 Å². The van der Waals surface area contributed by atoms with Crippen molar-refractivity contribution in [2.45, 2.75) is 25.3 Å². The average molecular weight is 259 g/mol. The monoisotopic (exact) mass is 259 g/mol. The Labute approximate surface area is 109 Å². The molecule has 0 saturated heterocycles. The Kier molecular flexibility index (Phi) is 1.74. The Hall–Kier alpha value is -2.11. The molecule has 1 fully saturated rings. The second-order valence-electron chi connectivity index (χ2n) is 5.35. The third kappa shape index (κ3) is 1.18. The van der Waals surface area contributed by atoms with Crippen LogP contribution in [0.25, 0.3) is 5.69 Å². The first kappa shape index (κ1) is 10.8. The molecule has 2 aliphatic rings. The van der Waals surface area contributed by atoms with Gasteiger partial charge in [-0.1, -0.05) is 0 Å². The second kappa shape index (κ2) is 3.07. The van der Waals surface area contributed by atoms with Crippen LogP contribution in [-0.2, 0) is 5.54 Å². The van der Waals surface area contributed by atoms with Crippen LogP contribution in [0.5, 0.6) is 0 Å². The topological polar surface area (TPSA) is 60.0 Å². The molecule has 2 N–H and O–H groups in total. The first-order chi connectivity index (χ1) is 9.03. The van der Waals surface area contributed by atoms with E-state index >= 15 is 0 Å². The Morgan fingerprint density at radius 2 is 2.11 bits per heavy atom. The number of benzene rings is 1. The second-order valence-corrected chi connectivity index (χ2v) is 5.35. The Morgan fingerprint density at radius 1 is 1.37 bits per heavy atom. The zero-order valence-corrected chi connectivity index (χ0v) is 10.8. The number of rotatable bonds is 0. The summed E-state index contributed by atoms with van der Waals surface area (Å²) in [6.45, 7) is 1.85. The van der Waals surface area contributed by atoms with E-state index in [2.05, 4.69) is 15.0 Å². The molecule has 19 heavy (non-hydrogen) atoms. The number of halogens is 1. The number of nitrogens with zero attached hydrogens (tertiary/aromatic N) is 4. The summed E-state index contributed by atoms with van der Waals surface area (Å²) in [4.78, 5) is 6.65. The molecule has 1 aliphatic heterocycles. The standard InChI is InChI=1S/C13H14FN5/c1-7-16-12-13(3-4-13)18(2)11-9(15)5-8(14)6-10(11)19(12)17-7/h5-6H,3-4,15H2,1-2H3. The van der Waals surface area contributed by atoms with Gasteiger partial charge in [-0.15, -0.1) is 0 Å². The number of hydrogen-bond donors (Lipinski definition) is 1. The van der Waals surface area contributed by atoms with Crippen LogP contribution < -0.4 is 10.6 Å². The van der Waals surface area contributed by atoms with Crippen molar-refractivity contribution in [2.24, 2.45) is 0 Å². The highest BCUT2D eigenvalue weighted by molar-refractivity contribution is 5.80. The van der Waals surface area contributed by atoms with Gasteiger partial charge in [-0.05, 0) is 25.8 Å². The smallest absolute Gasteiger partial charge is 0.158 e. The minimum atomic E-state index is -0.351. The number of aromatic nitrogens is 3. The van der Waals surface area contributed by atoms with Crippen molar-refractivity contribution in [3.8, 4) is 5.69 Å². The molecule has 1 aromatic carbocycles. The molecule has 0 unspecified atom stereocenters. The van der Waals surface area contributed by atoms with Crippen LogP contribution in [0.15, 0.2) is 12.1 Å². The molecule has 0 bridgehead atoms. The van der Waals surface area contributed by atoms with Crippen LogP contribution in [0.4, 0.5) is 15.8 Å². The van der Waals surface area contributed by atoms with E-state index in [4.69, 9.17) is 5.73 Å². The van der Waals surface area contributed by atoms with E-state index < -0.39 is 0 Å². The van der Waals surface area contributed by atoms with Gasteiger partial charge in [0, 0.05) is 13.1 Å². The van der Waals surface area contributed by atoms with Crippen molar-refractivity contribution < 1.29 is 4.39 Å². The van der Waals surface area contributed by atoms with E-state index in [9.17, 15) is 4.39 Å². The summed E-state index contributed by atoms with van der Waals surface area (Å²) < 4.78 is 15.4. The molecule has 1 aromatic heterocycles. The van der Waals surface area contributed by atoms with E-state index in [1.54, 1.807) is 4.68 Å². The van der Waals surface area contributed by atoms with Crippen LogP contribution in [0.3, 0.4) is 0 Å². The van der Waals surface area contributed by atoms with Crippen LogP contribution in [0.2, 0.25) is 0 Å². The van der Waals surface area contributed by atoms with Crippen molar-refractivity contribution in [1.82, 2.24) is 14.8 Å². The normalized spacial score (nSPS) is 18.4. The van der Waals surface area contributed by atoms with E-state index in [0.717, 1.165) is 24.4 Å². The summed E-state index contributed by atoms with van der Waals surface area (Å²) in [5.74, 6) is 1.24. The molecule has 98 valence electrons. The van der Waals surface area contributed by atoms with Crippen molar-refractivity contribution in [2.75, 3.05) is 17.7 Å². The summed E-state index contributed by atoms with van der Waals surface area (Å²) in [6, 6.07) is 2.83. The molecule has 6 heteroatoms.